The van der Waals surface area contributed by atoms with E-state index in [1.165, 1.54) is 12.1 Å². The minimum atomic E-state index is -0.236. The van der Waals surface area contributed by atoms with E-state index in [4.69, 9.17) is 21.1 Å². The first-order valence-electron chi connectivity index (χ1n) is 6.71. The van der Waals surface area contributed by atoms with Crippen LogP contribution in [-0.4, -0.2) is 13.2 Å². The van der Waals surface area contributed by atoms with Gasteiger partial charge in [-0.25, -0.2) is 4.39 Å². The van der Waals surface area contributed by atoms with E-state index in [9.17, 15) is 4.39 Å². The van der Waals surface area contributed by atoms with E-state index in [2.05, 4.69) is 5.32 Å². The van der Waals surface area contributed by atoms with Crippen LogP contribution in [0.4, 0.5) is 10.1 Å². The molecule has 0 aromatic heterocycles. The van der Waals surface area contributed by atoms with Crippen molar-refractivity contribution in [3.8, 4) is 11.5 Å². The smallest absolute Gasteiger partial charge is 0.179 e. The van der Waals surface area contributed by atoms with Crippen molar-refractivity contribution in [2.24, 2.45) is 0 Å². The summed E-state index contributed by atoms with van der Waals surface area (Å²) in [7, 11) is 0. The molecule has 1 aliphatic heterocycles. The Balaban J connectivity index is 1.77. The molecule has 0 unspecified atom stereocenters. The molecule has 0 saturated carbocycles. The number of aryl methyl sites for hydroxylation is 1. The maximum absolute atomic E-state index is 13.1. The molecule has 0 fully saturated rings. The third-order valence-corrected chi connectivity index (χ3v) is 3.61. The topological polar surface area (TPSA) is 30.5 Å². The molecule has 2 aromatic rings. The van der Waals surface area contributed by atoms with Crippen LogP contribution in [0.25, 0.3) is 0 Å². The second kappa shape index (κ2) is 5.82. The standard InChI is InChI=1S/C16H15ClFNO2/c1-10-6-12(18)2-3-14(10)19-9-11-7-13(17)16-15(8-11)20-4-5-21-16/h2-3,6-8,19H,4-5,9H2,1H3. The van der Waals surface area contributed by atoms with Crippen LogP contribution in [0, 0.1) is 12.7 Å². The molecule has 0 amide bonds. The highest BCUT2D eigenvalue weighted by molar-refractivity contribution is 6.32. The van der Waals surface area contributed by atoms with Gasteiger partial charge in [0.15, 0.2) is 11.5 Å². The average molecular weight is 308 g/mol. The lowest BCUT2D eigenvalue weighted by Crippen LogP contribution is -2.16. The number of fused-ring (bicyclic) bond motifs is 1. The fourth-order valence-corrected chi connectivity index (χ4v) is 2.58. The van der Waals surface area contributed by atoms with E-state index in [-0.39, 0.29) is 5.82 Å². The highest BCUT2D eigenvalue weighted by Gasteiger charge is 2.16. The zero-order chi connectivity index (χ0) is 14.8. The third-order valence-electron chi connectivity index (χ3n) is 3.33. The number of rotatable bonds is 3. The molecule has 2 aromatic carbocycles. The molecule has 110 valence electrons. The van der Waals surface area contributed by atoms with E-state index >= 15 is 0 Å². The van der Waals surface area contributed by atoms with Gasteiger partial charge in [-0.15, -0.1) is 0 Å². The monoisotopic (exact) mass is 307 g/mol. The van der Waals surface area contributed by atoms with Gasteiger partial charge in [0, 0.05) is 12.2 Å². The zero-order valence-corrected chi connectivity index (χ0v) is 12.3. The fourth-order valence-electron chi connectivity index (χ4n) is 2.29. The Morgan fingerprint density at radius 2 is 2.00 bits per heavy atom. The average Bonchev–Trinajstić information content (AvgIpc) is 2.46. The Morgan fingerprint density at radius 1 is 1.19 bits per heavy atom. The summed E-state index contributed by atoms with van der Waals surface area (Å²) in [6.07, 6.45) is 0. The van der Waals surface area contributed by atoms with Gasteiger partial charge in [0.1, 0.15) is 19.0 Å². The van der Waals surface area contributed by atoms with Crippen molar-refractivity contribution in [2.75, 3.05) is 18.5 Å². The van der Waals surface area contributed by atoms with Gasteiger partial charge in [-0.3, -0.25) is 0 Å². The Labute approximate surface area is 127 Å². The van der Waals surface area contributed by atoms with Crippen LogP contribution in [-0.2, 0) is 6.54 Å². The molecule has 0 saturated heterocycles. The summed E-state index contributed by atoms with van der Waals surface area (Å²) >= 11 is 6.20. The number of halogens is 2. The van der Waals surface area contributed by atoms with E-state index in [0.29, 0.717) is 36.3 Å². The molecular formula is C16H15ClFNO2. The molecule has 0 bridgehead atoms. The maximum Gasteiger partial charge on any atom is 0.179 e. The van der Waals surface area contributed by atoms with Gasteiger partial charge in [0.25, 0.3) is 0 Å². The van der Waals surface area contributed by atoms with Gasteiger partial charge in [-0.05, 0) is 48.4 Å². The Morgan fingerprint density at radius 3 is 2.81 bits per heavy atom. The van der Waals surface area contributed by atoms with Gasteiger partial charge in [0.2, 0.25) is 0 Å². The fraction of sp³-hybridized carbons (Fsp3) is 0.250. The lowest BCUT2D eigenvalue weighted by molar-refractivity contribution is 0.171. The van der Waals surface area contributed by atoms with Crippen molar-refractivity contribution in [1.29, 1.82) is 0 Å². The highest BCUT2D eigenvalue weighted by atomic mass is 35.5. The normalized spacial score (nSPS) is 13.1. The lowest BCUT2D eigenvalue weighted by atomic mass is 10.1. The quantitative estimate of drug-likeness (QED) is 0.923. The number of ether oxygens (including phenoxy) is 2. The van der Waals surface area contributed by atoms with Gasteiger partial charge in [-0.1, -0.05) is 11.6 Å². The van der Waals surface area contributed by atoms with Gasteiger partial charge >= 0.3 is 0 Å². The molecule has 3 rings (SSSR count). The van der Waals surface area contributed by atoms with Crippen LogP contribution in [0.15, 0.2) is 30.3 Å². The predicted molar refractivity (Wildman–Crippen MR) is 80.9 cm³/mol. The number of nitrogens with one attached hydrogen (secondary N) is 1. The molecule has 1 N–H and O–H groups in total. The van der Waals surface area contributed by atoms with Crippen molar-refractivity contribution in [3.05, 3.63) is 52.3 Å². The first-order chi connectivity index (χ1) is 10.1. The lowest BCUT2D eigenvalue weighted by Gasteiger charge is -2.20. The van der Waals surface area contributed by atoms with E-state index < -0.39 is 0 Å². The Bertz CT molecular complexity index is 676. The summed E-state index contributed by atoms with van der Waals surface area (Å²) in [5, 5.41) is 3.81. The van der Waals surface area contributed by atoms with Crippen molar-refractivity contribution in [1.82, 2.24) is 0 Å². The van der Waals surface area contributed by atoms with Crippen molar-refractivity contribution in [3.63, 3.8) is 0 Å². The molecule has 0 radical (unpaired) electrons. The molecule has 1 aliphatic rings. The molecule has 5 heteroatoms. The maximum atomic E-state index is 13.1. The predicted octanol–water partition coefficient (Wildman–Crippen LogP) is 4.17. The van der Waals surface area contributed by atoms with Crippen LogP contribution < -0.4 is 14.8 Å². The molecule has 21 heavy (non-hydrogen) atoms. The van der Waals surface area contributed by atoms with Gasteiger partial charge in [-0.2, -0.15) is 0 Å². The Hall–Kier alpha value is -1.94. The largest absolute Gasteiger partial charge is 0.486 e. The van der Waals surface area contributed by atoms with Crippen molar-refractivity contribution < 1.29 is 13.9 Å². The number of anilines is 1. The molecule has 3 nitrogen and oxygen atoms in total. The second-order valence-electron chi connectivity index (χ2n) is 4.91. The van der Waals surface area contributed by atoms with Crippen LogP contribution in [0.1, 0.15) is 11.1 Å². The van der Waals surface area contributed by atoms with E-state index in [0.717, 1.165) is 16.8 Å². The summed E-state index contributed by atoms with van der Waals surface area (Å²) in [5.74, 6) is 1.03. The minimum absolute atomic E-state index is 0.236. The molecule has 0 spiro atoms. The van der Waals surface area contributed by atoms with Crippen LogP contribution in [0.5, 0.6) is 11.5 Å². The summed E-state index contributed by atoms with van der Waals surface area (Å²) in [4.78, 5) is 0. The molecule has 1 heterocycles. The van der Waals surface area contributed by atoms with E-state index in [1.807, 2.05) is 19.1 Å². The minimum Gasteiger partial charge on any atom is -0.486 e. The number of benzene rings is 2. The van der Waals surface area contributed by atoms with E-state index in [1.54, 1.807) is 6.07 Å². The van der Waals surface area contributed by atoms with Gasteiger partial charge < -0.3 is 14.8 Å². The summed E-state index contributed by atoms with van der Waals surface area (Å²) in [6, 6.07) is 8.42. The summed E-state index contributed by atoms with van der Waals surface area (Å²) in [6.45, 7) is 3.47. The number of hydrogen-bond donors (Lipinski definition) is 1. The molecule has 0 aliphatic carbocycles. The highest BCUT2D eigenvalue weighted by Crippen LogP contribution is 2.38. The van der Waals surface area contributed by atoms with Crippen LogP contribution in [0.2, 0.25) is 5.02 Å². The number of hydrogen-bond acceptors (Lipinski definition) is 3. The SMILES string of the molecule is Cc1cc(F)ccc1NCc1cc(Cl)c2c(c1)OCCO2. The summed E-state index contributed by atoms with van der Waals surface area (Å²) in [5.41, 5.74) is 2.73. The van der Waals surface area contributed by atoms with Crippen LogP contribution >= 0.6 is 11.6 Å². The third kappa shape index (κ3) is 3.05. The zero-order valence-electron chi connectivity index (χ0n) is 11.6. The van der Waals surface area contributed by atoms with Crippen LogP contribution in [0.3, 0.4) is 0 Å². The van der Waals surface area contributed by atoms with Crippen molar-refractivity contribution in [2.45, 2.75) is 13.5 Å². The first kappa shape index (κ1) is 14.0. The first-order valence-corrected chi connectivity index (χ1v) is 7.09. The van der Waals surface area contributed by atoms with Crippen molar-refractivity contribution >= 4 is 17.3 Å². The summed E-state index contributed by atoms with van der Waals surface area (Å²) < 4.78 is 24.1. The molecule has 0 atom stereocenters. The molecular weight excluding hydrogens is 293 g/mol. The second-order valence-corrected chi connectivity index (χ2v) is 5.32. The Kier molecular flexibility index (Phi) is 3.88. The van der Waals surface area contributed by atoms with Gasteiger partial charge in [0.05, 0.1) is 5.02 Å².